The van der Waals surface area contributed by atoms with Crippen LogP contribution in [0.4, 0.5) is 0 Å². The fraction of sp³-hybridized carbons (Fsp3) is 0.571. The number of ether oxygens (including phenoxy) is 2. The molecule has 4 heteroatoms. The summed E-state index contributed by atoms with van der Waals surface area (Å²) in [5.74, 6) is 0.961. The predicted molar refractivity (Wildman–Crippen MR) is 71.9 cm³/mol. The molecule has 1 unspecified atom stereocenters. The van der Waals surface area contributed by atoms with Crippen molar-refractivity contribution in [3.05, 3.63) is 29.3 Å². The van der Waals surface area contributed by atoms with Gasteiger partial charge in [0.1, 0.15) is 5.75 Å². The summed E-state index contributed by atoms with van der Waals surface area (Å²) in [6.07, 6.45) is 1.90. The zero-order valence-corrected chi connectivity index (χ0v) is 10.9. The zero-order chi connectivity index (χ0) is 12.8. The van der Waals surface area contributed by atoms with E-state index in [1.165, 1.54) is 5.56 Å². The topological polar surface area (TPSA) is 56.5 Å². The summed E-state index contributed by atoms with van der Waals surface area (Å²) in [4.78, 5) is 0. The molecular weight excluding hydrogens is 228 g/mol. The van der Waals surface area contributed by atoms with Crippen molar-refractivity contribution in [3.63, 3.8) is 0 Å². The molecule has 1 aromatic rings. The third-order valence-corrected chi connectivity index (χ3v) is 3.24. The molecule has 0 amide bonds. The Balaban J connectivity index is 1.87. The van der Waals surface area contributed by atoms with Crippen molar-refractivity contribution in [2.75, 3.05) is 33.4 Å². The fourth-order valence-electron chi connectivity index (χ4n) is 2.15. The smallest absolute Gasteiger partial charge is 0.124 e. The van der Waals surface area contributed by atoms with Crippen LogP contribution >= 0.6 is 0 Å². The van der Waals surface area contributed by atoms with E-state index in [1.807, 2.05) is 0 Å². The molecule has 1 aromatic carbocycles. The van der Waals surface area contributed by atoms with E-state index in [0.717, 1.165) is 50.5 Å². The first-order valence-electron chi connectivity index (χ1n) is 6.52. The first kappa shape index (κ1) is 13.3. The van der Waals surface area contributed by atoms with Crippen LogP contribution in [-0.2, 0) is 11.2 Å². The lowest BCUT2D eigenvalue weighted by Crippen LogP contribution is -2.22. The molecule has 1 aliphatic rings. The normalized spacial score (nSPS) is 18.2. The minimum Gasteiger partial charge on any atom is -0.493 e. The maximum Gasteiger partial charge on any atom is 0.124 e. The Labute approximate surface area is 108 Å². The molecule has 0 saturated carbocycles. The summed E-state index contributed by atoms with van der Waals surface area (Å²) >= 11 is 0. The van der Waals surface area contributed by atoms with Gasteiger partial charge in [0, 0.05) is 31.7 Å². The van der Waals surface area contributed by atoms with Crippen LogP contribution in [0.5, 0.6) is 5.75 Å². The lowest BCUT2D eigenvalue weighted by molar-refractivity contribution is 0.199. The highest BCUT2D eigenvalue weighted by Gasteiger charge is 2.17. The van der Waals surface area contributed by atoms with E-state index < -0.39 is 0 Å². The van der Waals surface area contributed by atoms with Crippen LogP contribution in [0.2, 0.25) is 0 Å². The highest BCUT2D eigenvalue weighted by Crippen LogP contribution is 2.31. The Morgan fingerprint density at radius 1 is 1.44 bits per heavy atom. The maximum absolute atomic E-state index is 6.05. The largest absolute Gasteiger partial charge is 0.493 e. The summed E-state index contributed by atoms with van der Waals surface area (Å²) in [5.41, 5.74) is 8.47. The van der Waals surface area contributed by atoms with Gasteiger partial charge < -0.3 is 20.5 Å². The van der Waals surface area contributed by atoms with Gasteiger partial charge in [-0.05, 0) is 24.6 Å². The predicted octanol–water partition coefficient (Wildman–Crippen LogP) is 1.25. The van der Waals surface area contributed by atoms with Crippen LogP contribution in [0.3, 0.4) is 0 Å². The molecule has 0 radical (unpaired) electrons. The SMILES string of the molecule is COCCNCCc1ccc2c(c1)OCCC2N. The molecule has 1 aliphatic heterocycles. The van der Waals surface area contributed by atoms with E-state index in [0.29, 0.717) is 0 Å². The van der Waals surface area contributed by atoms with Crippen LogP contribution in [0.25, 0.3) is 0 Å². The van der Waals surface area contributed by atoms with Gasteiger partial charge in [-0.15, -0.1) is 0 Å². The number of hydrogen-bond acceptors (Lipinski definition) is 4. The van der Waals surface area contributed by atoms with Crippen molar-refractivity contribution in [3.8, 4) is 5.75 Å². The molecule has 0 aromatic heterocycles. The maximum atomic E-state index is 6.05. The summed E-state index contributed by atoms with van der Waals surface area (Å²) in [6.45, 7) is 3.32. The van der Waals surface area contributed by atoms with Crippen molar-refractivity contribution >= 4 is 0 Å². The van der Waals surface area contributed by atoms with E-state index in [4.69, 9.17) is 15.2 Å². The fourth-order valence-corrected chi connectivity index (χ4v) is 2.15. The van der Waals surface area contributed by atoms with Crippen molar-refractivity contribution in [2.45, 2.75) is 18.9 Å². The molecular formula is C14H22N2O2. The molecule has 0 aliphatic carbocycles. The van der Waals surface area contributed by atoms with Crippen molar-refractivity contribution in [1.82, 2.24) is 5.32 Å². The van der Waals surface area contributed by atoms with Gasteiger partial charge in [0.05, 0.1) is 13.2 Å². The Kier molecular flexibility index (Phi) is 4.99. The molecule has 18 heavy (non-hydrogen) atoms. The van der Waals surface area contributed by atoms with Gasteiger partial charge in [0.15, 0.2) is 0 Å². The van der Waals surface area contributed by atoms with Gasteiger partial charge >= 0.3 is 0 Å². The Bertz CT molecular complexity index is 382. The summed E-state index contributed by atoms with van der Waals surface area (Å²) in [5, 5.41) is 3.33. The lowest BCUT2D eigenvalue weighted by Gasteiger charge is -2.23. The number of rotatable bonds is 6. The van der Waals surface area contributed by atoms with Crippen molar-refractivity contribution < 1.29 is 9.47 Å². The molecule has 1 heterocycles. The van der Waals surface area contributed by atoms with Gasteiger partial charge in [-0.2, -0.15) is 0 Å². The van der Waals surface area contributed by atoms with Crippen LogP contribution in [-0.4, -0.2) is 33.4 Å². The highest BCUT2D eigenvalue weighted by atomic mass is 16.5. The summed E-state index contributed by atoms with van der Waals surface area (Å²) < 4.78 is 10.6. The summed E-state index contributed by atoms with van der Waals surface area (Å²) in [7, 11) is 1.71. The second-order valence-electron chi connectivity index (χ2n) is 4.61. The third-order valence-electron chi connectivity index (χ3n) is 3.24. The molecule has 2 rings (SSSR count). The van der Waals surface area contributed by atoms with Crippen LogP contribution in [0.15, 0.2) is 18.2 Å². The van der Waals surface area contributed by atoms with Gasteiger partial charge in [-0.3, -0.25) is 0 Å². The molecule has 100 valence electrons. The van der Waals surface area contributed by atoms with E-state index in [1.54, 1.807) is 7.11 Å². The van der Waals surface area contributed by atoms with Crippen molar-refractivity contribution in [1.29, 1.82) is 0 Å². The van der Waals surface area contributed by atoms with Gasteiger partial charge in [0.2, 0.25) is 0 Å². The number of nitrogens with two attached hydrogens (primary N) is 1. The minimum atomic E-state index is 0.127. The quantitative estimate of drug-likeness (QED) is 0.746. The monoisotopic (exact) mass is 250 g/mol. The first-order valence-corrected chi connectivity index (χ1v) is 6.52. The first-order chi connectivity index (χ1) is 8.81. The van der Waals surface area contributed by atoms with E-state index in [-0.39, 0.29) is 6.04 Å². The molecule has 4 nitrogen and oxygen atoms in total. The number of methoxy groups -OCH3 is 1. The Morgan fingerprint density at radius 2 is 2.33 bits per heavy atom. The zero-order valence-electron chi connectivity index (χ0n) is 10.9. The second-order valence-corrected chi connectivity index (χ2v) is 4.61. The van der Waals surface area contributed by atoms with E-state index in [9.17, 15) is 0 Å². The standard InChI is InChI=1S/C14H22N2O2/c1-17-9-7-16-6-4-11-2-3-12-13(15)5-8-18-14(12)10-11/h2-3,10,13,16H,4-9,15H2,1H3. The average Bonchev–Trinajstić information content (AvgIpc) is 2.39. The Hall–Kier alpha value is -1.10. The van der Waals surface area contributed by atoms with Crippen LogP contribution in [0.1, 0.15) is 23.6 Å². The summed E-state index contributed by atoms with van der Waals surface area (Å²) in [6, 6.07) is 6.49. The number of hydrogen-bond donors (Lipinski definition) is 2. The Morgan fingerprint density at radius 3 is 3.17 bits per heavy atom. The molecule has 0 bridgehead atoms. The van der Waals surface area contributed by atoms with Crippen LogP contribution in [0, 0.1) is 0 Å². The van der Waals surface area contributed by atoms with Gasteiger partial charge in [-0.25, -0.2) is 0 Å². The average molecular weight is 250 g/mol. The van der Waals surface area contributed by atoms with E-state index >= 15 is 0 Å². The highest BCUT2D eigenvalue weighted by molar-refractivity contribution is 5.40. The molecule has 0 fully saturated rings. The second kappa shape index (κ2) is 6.73. The molecule has 0 spiro atoms. The molecule has 1 atom stereocenters. The number of nitrogens with one attached hydrogen (secondary N) is 1. The molecule has 3 N–H and O–H groups in total. The van der Waals surface area contributed by atoms with Gasteiger partial charge in [-0.1, -0.05) is 12.1 Å². The minimum absolute atomic E-state index is 0.127. The van der Waals surface area contributed by atoms with E-state index in [2.05, 4.69) is 23.5 Å². The molecule has 0 saturated heterocycles. The van der Waals surface area contributed by atoms with Crippen LogP contribution < -0.4 is 15.8 Å². The van der Waals surface area contributed by atoms with Gasteiger partial charge in [0.25, 0.3) is 0 Å². The number of benzene rings is 1. The lowest BCUT2D eigenvalue weighted by atomic mass is 9.99. The third kappa shape index (κ3) is 3.45. The number of fused-ring (bicyclic) bond motifs is 1. The van der Waals surface area contributed by atoms with Crippen molar-refractivity contribution in [2.24, 2.45) is 5.73 Å².